The van der Waals surface area contributed by atoms with E-state index in [9.17, 15) is 4.79 Å². The van der Waals surface area contributed by atoms with E-state index in [-0.39, 0.29) is 24.5 Å². The maximum Gasteiger partial charge on any atom is 0.217 e. The van der Waals surface area contributed by atoms with E-state index in [0.717, 1.165) is 0 Å². The summed E-state index contributed by atoms with van der Waals surface area (Å²) in [4.78, 5) is 10.6. The first kappa shape index (κ1) is 5.72. The van der Waals surface area contributed by atoms with Gasteiger partial charge in [-0.1, -0.05) is 0 Å². The topological polar surface area (TPSA) is 53.9 Å². The highest BCUT2D eigenvalue weighted by atomic mass is 16.5. The third-order valence-corrected chi connectivity index (χ3v) is 1.47. The van der Waals surface area contributed by atoms with Crippen LogP contribution in [-0.4, -0.2) is 24.5 Å². The Labute approximate surface area is 47.8 Å². The number of rotatable bonds is 0. The molecule has 2 atom stereocenters. The molecule has 1 rings (SSSR count). The molecule has 0 aromatic carbocycles. The van der Waals surface area contributed by atoms with Gasteiger partial charge in [-0.2, -0.15) is 0 Å². The number of quaternary nitrogens is 1. The number of hydrogen-bond acceptors (Lipinski definition) is 2. The zero-order chi connectivity index (χ0) is 6.15. The molecule has 0 aromatic heterocycles. The second kappa shape index (κ2) is 1.84. The minimum absolute atomic E-state index is 0.0301. The third-order valence-electron chi connectivity index (χ3n) is 1.47. The monoisotopic (exact) mass is 116 g/mol. The summed E-state index contributed by atoms with van der Waals surface area (Å²) in [5, 5.41) is 0. The molecule has 1 heterocycles. The minimum Gasteiger partial charge on any atom is -0.364 e. The second-order valence-corrected chi connectivity index (χ2v) is 2.09. The molecule has 0 spiro atoms. The molecule has 1 aliphatic heterocycles. The van der Waals surface area contributed by atoms with Gasteiger partial charge in [0.05, 0.1) is 0 Å². The second-order valence-electron chi connectivity index (χ2n) is 2.09. The van der Waals surface area contributed by atoms with E-state index in [0.29, 0.717) is 0 Å². The summed E-state index contributed by atoms with van der Waals surface area (Å²) in [6.07, 6.45) is 0.0301. The highest BCUT2D eigenvalue weighted by Crippen LogP contribution is 2.03. The number of carbonyl (C=O) groups excluding carboxylic acids is 1. The van der Waals surface area contributed by atoms with Crippen molar-refractivity contribution in [3.8, 4) is 0 Å². The van der Waals surface area contributed by atoms with Crippen molar-refractivity contribution < 1.29 is 15.3 Å². The van der Waals surface area contributed by atoms with Crippen LogP contribution in [0.25, 0.3) is 0 Å². The molecule has 1 aliphatic rings. The molecular formula is C5H10NO2+. The van der Waals surface area contributed by atoms with Gasteiger partial charge in [0.1, 0.15) is 12.7 Å². The lowest BCUT2D eigenvalue weighted by Crippen LogP contribution is -2.67. The van der Waals surface area contributed by atoms with Crippen LogP contribution in [0, 0.1) is 0 Å². The van der Waals surface area contributed by atoms with Crippen LogP contribution in [-0.2, 0) is 9.53 Å². The average molecular weight is 116 g/mol. The third kappa shape index (κ3) is 0.743. The standard InChI is InChI=1S/C5H9NO2/c1-3-5(6)4(7)2-8-3/h3,5H,2,6H2,1H3/p+1. The number of hydrogen-bond donors (Lipinski definition) is 1. The Hall–Kier alpha value is -0.410. The van der Waals surface area contributed by atoms with E-state index in [4.69, 9.17) is 4.74 Å². The molecular weight excluding hydrogens is 106 g/mol. The average Bonchev–Trinajstić information content (AvgIpc) is 1.98. The van der Waals surface area contributed by atoms with E-state index >= 15 is 0 Å². The fourth-order valence-corrected chi connectivity index (χ4v) is 0.699. The van der Waals surface area contributed by atoms with Crippen molar-refractivity contribution in [2.24, 2.45) is 0 Å². The summed E-state index contributed by atoms with van der Waals surface area (Å²) < 4.78 is 4.97. The predicted molar refractivity (Wildman–Crippen MR) is 27.1 cm³/mol. The number of ether oxygens (including phenoxy) is 1. The summed E-state index contributed by atoms with van der Waals surface area (Å²) in [7, 11) is 0. The molecule has 3 heteroatoms. The van der Waals surface area contributed by atoms with Crippen LogP contribution in [0.5, 0.6) is 0 Å². The Balaban J connectivity index is 2.56. The number of Topliss-reactive ketones (excluding diaryl/α,β-unsaturated/α-hetero) is 1. The van der Waals surface area contributed by atoms with Gasteiger partial charge in [-0.05, 0) is 6.92 Å². The lowest BCUT2D eigenvalue weighted by atomic mass is 10.2. The van der Waals surface area contributed by atoms with Crippen LogP contribution in [0.3, 0.4) is 0 Å². The summed E-state index contributed by atoms with van der Waals surface area (Å²) in [6.45, 7) is 2.12. The van der Waals surface area contributed by atoms with Gasteiger partial charge in [0, 0.05) is 0 Å². The highest BCUT2D eigenvalue weighted by Gasteiger charge is 2.32. The van der Waals surface area contributed by atoms with Crippen LogP contribution in [0.1, 0.15) is 6.92 Å². The van der Waals surface area contributed by atoms with Crippen LogP contribution >= 0.6 is 0 Å². The SMILES string of the molecule is CC1OCC(=O)C1[NH3+]. The minimum atomic E-state index is -0.130. The molecule has 3 N–H and O–H groups in total. The van der Waals surface area contributed by atoms with Gasteiger partial charge in [-0.3, -0.25) is 4.79 Å². The van der Waals surface area contributed by atoms with Crippen LogP contribution in [0.15, 0.2) is 0 Å². The molecule has 0 bridgehead atoms. The molecule has 1 fully saturated rings. The first-order valence-electron chi connectivity index (χ1n) is 2.69. The summed E-state index contributed by atoms with van der Waals surface area (Å²) >= 11 is 0. The maximum absolute atomic E-state index is 10.6. The Morgan fingerprint density at radius 3 is 2.62 bits per heavy atom. The van der Waals surface area contributed by atoms with E-state index in [1.807, 2.05) is 6.92 Å². The first-order valence-corrected chi connectivity index (χ1v) is 2.69. The van der Waals surface area contributed by atoms with Gasteiger partial charge in [-0.25, -0.2) is 0 Å². The largest absolute Gasteiger partial charge is 0.364 e. The molecule has 2 unspecified atom stereocenters. The van der Waals surface area contributed by atoms with E-state index < -0.39 is 0 Å². The van der Waals surface area contributed by atoms with Crippen molar-refractivity contribution in [2.45, 2.75) is 19.1 Å². The Bertz CT molecular complexity index is 113. The van der Waals surface area contributed by atoms with Gasteiger partial charge in [0.25, 0.3) is 0 Å². The van der Waals surface area contributed by atoms with Gasteiger partial charge in [0.2, 0.25) is 5.78 Å². The predicted octanol–water partition coefficient (Wildman–Crippen LogP) is -1.42. The van der Waals surface area contributed by atoms with Crippen LogP contribution < -0.4 is 5.73 Å². The molecule has 0 amide bonds. The van der Waals surface area contributed by atoms with Gasteiger partial charge in [0.15, 0.2) is 6.04 Å². The normalized spacial score (nSPS) is 38.5. The Morgan fingerprint density at radius 2 is 2.50 bits per heavy atom. The molecule has 8 heavy (non-hydrogen) atoms. The number of carbonyl (C=O) groups is 1. The molecule has 0 saturated carbocycles. The van der Waals surface area contributed by atoms with E-state index in [1.54, 1.807) is 0 Å². The molecule has 1 saturated heterocycles. The fraction of sp³-hybridized carbons (Fsp3) is 0.800. The van der Waals surface area contributed by atoms with E-state index in [2.05, 4.69) is 5.73 Å². The lowest BCUT2D eigenvalue weighted by molar-refractivity contribution is -0.411. The first-order chi connectivity index (χ1) is 3.72. The summed E-state index contributed by atoms with van der Waals surface area (Å²) in [5.41, 5.74) is 3.62. The summed E-state index contributed by atoms with van der Waals surface area (Å²) in [5.74, 6) is 0.123. The van der Waals surface area contributed by atoms with Crippen molar-refractivity contribution in [3.63, 3.8) is 0 Å². The Kier molecular flexibility index (Phi) is 1.31. The van der Waals surface area contributed by atoms with Gasteiger partial charge >= 0.3 is 0 Å². The lowest BCUT2D eigenvalue weighted by Gasteiger charge is -1.99. The van der Waals surface area contributed by atoms with E-state index in [1.165, 1.54) is 0 Å². The summed E-state index contributed by atoms with van der Waals surface area (Å²) in [6, 6.07) is -0.130. The van der Waals surface area contributed by atoms with Crippen molar-refractivity contribution in [3.05, 3.63) is 0 Å². The maximum atomic E-state index is 10.6. The van der Waals surface area contributed by atoms with Crippen molar-refractivity contribution in [2.75, 3.05) is 6.61 Å². The Morgan fingerprint density at radius 1 is 1.88 bits per heavy atom. The van der Waals surface area contributed by atoms with Gasteiger partial charge < -0.3 is 10.5 Å². The number of ketones is 1. The van der Waals surface area contributed by atoms with Gasteiger partial charge in [-0.15, -0.1) is 0 Å². The molecule has 0 aliphatic carbocycles. The van der Waals surface area contributed by atoms with Crippen LogP contribution in [0.4, 0.5) is 0 Å². The molecule has 3 nitrogen and oxygen atoms in total. The smallest absolute Gasteiger partial charge is 0.217 e. The molecule has 0 aromatic rings. The molecule has 46 valence electrons. The fourth-order valence-electron chi connectivity index (χ4n) is 0.699. The zero-order valence-electron chi connectivity index (χ0n) is 4.89. The van der Waals surface area contributed by atoms with Crippen LogP contribution in [0.2, 0.25) is 0 Å². The molecule has 0 radical (unpaired) electrons. The van der Waals surface area contributed by atoms with Crippen molar-refractivity contribution in [1.82, 2.24) is 0 Å². The van der Waals surface area contributed by atoms with Crippen molar-refractivity contribution >= 4 is 5.78 Å². The van der Waals surface area contributed by atoms with Crippen molar-refractivity contribution in [1.29, 1.82) is 0 Å². The highest BCUT2D eigenvalue weighted by molar-refractivity contribution is 5.85. The quantitative estimate of drug-likeness (QED) is 0.422. The zero-order valence-corrected chi connectivity index (χ0v) is 4.89.